The molecule has 1 heterocycles. The number of aliphatic carboxylic acids is 1. The molecule has 0 aromatic rings. The fourth-order valence-corrected chi connectivity index (χ4v) is 2.42. The summed E-state index contributed by atoms with van der Waals surface area (Å²) in [7, 11) is 1.58. The summed E-state index contributed by atoms with van der Waals surface area (Å²) in [5.74, 6) is -1.01. The first kappa shape index (κ1) is 15.0. The number of carboxylic acid groups (broad SMARTS) is 1. The van der Waals surface area contributed by atoms with E-state index < -0.39 is 12.0 Å². The molecule has 1 saturated heterocycles. The van der Waals surface area contributed by atoms with Gasteiger partial charge in [0.2, 0.25) is 5.91 Å². The second-order valence-corrected chi connectivity index (χ2v) is 5.01. The number of amides is 1. The van der Waals surface area contributed by atoms with E-state index in [1.165, 1.54) is 4.90 Å². The minimum Gasteiger partial charge on any atom is -0.480 e. The smallest absolute Gasteiger partial charge is 0.326 e. The molecule has 0 aromatic heterocycles. The molecule has 1 amide bonds. The number of nitrogens with zero attached hydrogens (tertiary/aromatic N) is 2. The van der Waals surface area contributed by atoms with Gasteiger partial charge in [-0.2, -0.15) is 0 Å². The molecule has 104 valence electrons. The number of rotatable bonds is 5. The minimum absolute atomic E-state index is 0.0574. The second kappa shape index (κ2) is 6.73. The van der Waals surface area contributed by atoms with E-state index in [1.807, 2.05) is 0 Å². The van der Waals surface area contributed by atoms with Crippen molar-refractivity contribution < 1.29 is 14.7 Å². The van der Waals surface area contributed by atoms with Crippen LogP contribution in [0.15, 0.2) is 0 Å². The Morgan fingerprint density at radius 3 is 2.67 bits per heavy atom. The topological polar surface area (TPSA) is 60.9 Å². The third-order valence-corrected chi connectivity index (χ3v) is 3.70. The van der Waals surface area contributed by atoms with Crippen molar-refractivity contribution in [2.24, 2.45) is 0 Å². The highest BCUT2D eigenvalue weighted by molar-refractivity contribution is 5.86. The Balaban J connectivity index is 2.70. The van der Waals surface area contributed by atoms with Crippen molar-refractivity contribution >= 4 is 11.9 Å². The summed E-state index contributed by atoms with van der Waals surface area (Å²) >= 11 is 0. The van der Waals surface area contributed by atoms with Crippen LogP contribution >= 0.6 is 0 Å². The van der Waals surface area contributed by atoms with Crippen LogP contribution in [0.25, 0.3) is 0 Å². The summed E-state index contributed by atoms with van der Waals surface area (Å²) in [5, 5.41) is 8.96. The van der Waals surface area contributed by atoms with E-state index in [-0.39, 0.29) is 11.9 Å². The highest BCUT2D eigenvalue weighted by Crippen LogP contribution is 2.19. The zero-order chi connectivity index (χ0) is 13.7. The number of likely N-dealkylation sites (N-methyl/N-ethyl adjacent to an activating group) is 1. The number of carboxylic acids is 1. The first-order valence-corrected chi connectivity index (χ1v) is 6.72. The minimum atomic E-state index is -0.955. The quantitative estimate of drug-likeness (QED) is 0.802. The van der Waals surface area contributed by atoms with Gasteiger partial charge in [-0.25, -0.2) is 4.79 Å². The van der Waals surface area contributed by atoms with E-state index in [0.29, 0.717) is 0 Å². The fraction of sp³-hybridized carbons (Fsp3) is 0.846. The summed E-state index contributed by atoms with van der Waals surface area (Å²) in [6.45, 7) is 5.50. The number of hydrogen-bond donors (Lipinski definition) is 1. The van der Waals surface area contributed by atoms with Crippen LogP contribution in [0.1, 0.15) is 39.5 Å². The van der Waals surface area contributed by atoms with Crippen LogP contribution in [0, 0.1) is 0 Å². The summed E-state index contributed by atoms with van der Waals surface area (Å²) in [6.07, 6.45) is 4.03. The number of carbonyl (C=O) groups is 2. The molecule has 18 heavy (non-hydrogen) atoms. The van der Waals surface area contributed by atoms with Gasteiger partial charge in [-0.15, -0.1) is 0 Å². The maximum atomic E-state index is 12.4. The molecular weight excluding hydrogens is 232 g/mol. The maximum absolute atomic E-state index is 12.4. The monoisotopic (exact) mass is 256 g/mol. The standard InChI is InChI=1S/C13H24N2O3/c1-4-8-15-9-6-5-7-11(15)12(16)14(3)10(2)13(17)18/h10-11H,4-9H2,1-3H3,(H,17,18)/t10-,11+/m1/s1. The molecule has 5 nitrogen and oxygen atoms in total. The second-order valence-electron chi connectivity index (χ2n) is 5.01. The molecule has 1 aliphatic heterocycles. The van der Waals surface area contributed by atoms with Gasteiger partial charge in [0.05, 0.1) is 6.04 Å². The van der Waals surface area contributed by atoms with E-state index in [1.54, 1.807) is 14.0 Å². The van der Waals surface area contributed by atoms with Gasteiger partial charge in [-0.05, 0) is 39.3 Å². The third kappa shape index (κ3) is 3.45. The van der Waals surface area contributed by atoms with Crippen molar-refractivity contribution in [2.75, 3.05) is 20.1 Å². The fourth-order valence-electron chi connectivity index (χ4n) is 2.42. The van der Waals surface area contributed by atoms with Gasteiger partial charge in [0.15, 0.2) is 0 Å². The van der Waals surface area contributed by atoms with Gasteiger partial charge in [0, 0.05) is 7.05 Å². The van der Waals surface area contributed by atoms with Crippen LogP contribution in [0.2, 0.25) is 0 Å². The Hall–Kier alpha value is -1.10. The Morgan fingerprint density at radius 1 is 1.44 bits per heavy atom. The average Bonchev–Trinajstić information content (AvgIpc) is 2.37. The van der Waals surface area contributed by atoms with E-state index in [4.69, 9.17) is 5.11 Å². The average molecular weight is 256 g/mol. The number of likely N-dealkylation sites (tertiary alicyclic amines) is 1. The van der Waals surface area contributed by atoms with E-state index in [9.17, 15) is 9.59 Å². The molecule has 0 aliphatic carbocycles. The highest BCUT2D eigenvalue weighted by Gasteiger charge is 2.33. The molecule has 0 unspecified atom stereocenters. The maximum Gasteiger partial charge on any atom is 0.326 e. The van der Waals surface area contributed by atoms with Crippen molar-refractivity contribution in [1.29, 1.82) is 0 Å². The molecule has 1 N–H and O–H groups in total. The van der Waals surface area contributed by atoms with Gasteiger partial charge < -0.3 is 10.0 Å². The van der Waals surface area contributed by atoms with E-state index in [2.05, 4.69) is 11.8 Å². The van der Waals surface area contributed by atoms with Crippen LogP contribution in [-0.2, 0) is 9.59 Å². The normalized spacial score (nSPS) is 22.5. The largest absolute Gasteiger partial charge is 0.480 e. The Bertz CT molecular complexity index is 305. The Morgan fingerprint density at radius 2 is 2.11 bits per heavy atom. The van der Waals surface area contributed by atoms with Crippen LogP contribution in [0.5, 0.6) is 0 Å². The molecule has 0 radical (unpaired) electrons. The lowest BCUT2D eigenvalue weighted by atomic mass is 10.00. The molecular formula is C13H24N2O3. The predicted octanol–water partition coefficient (Wildman–Crippen LogP) is 1.18. The third-order valence-electron chi connectivity index (χ3n) is 3.70. The van der Waals surface area contributed by atoms with Gasteiger partial charge in [-0.1, -0.05) is 13.3 Å². The van der Waals surface area contributed by atoms with Crippen molar-refractivity contribution in [3.63, 3.8) is 0 Å². The molecule has 2 atom stereocenters. The number of carbonyl (C=O) groups excluding carboxylic acids is 1. The first-order chi connectivity index (χ1) is 8.49. The van der Waals surface area contributed by atoms with Crippen LogP contribution in [-0.4, -0.2) is 59.0 Å². The lowest BCUT2D eigenvalue weighted by molar-refractivity contribution is -0.151. The zero-order valence-corrected chi connectivity index (χ0v) is 11.6. The van der Waals surface area contributed by atoms with E-state index >= 15 is 0 Å². The molecule has 0 aromatic carbocycles. The van der Waals surface area contributed by atoms with Crippen molar-refractivity contribution in [2.45, 2.75) is 51.6 Å². The lowest BCUT2D eigenvalue weighted by Gasteiger charge is -2.37. The SMILES string of the molecule is CCCN1CCCC[C@H]1C(=O)N(C)[C@H](C)C(=O)O. The molecule has 0 spiro atoms. The summed E-state index contributed by atoms with van der Waals surface area (Å²) in [5.41, 5.74) is 0. The van der Waals surface area contributed by atoms with Crippen molar-refractivity contribution in [3.05, 3.63) is 0 Å². The van der Waals surface area contributed by atoms with Gasteiger partial charge in [0.25, 0.3) is 0 Å². The Labute approximate surface area is 109 Å². The van der Waals surface area contributed by atoms with Crippen molar-refractivity contribution in [3.8, 4) is 0 Å². The lowest BCUT2D eigenvalue weighted by Crippen LogP contribution is -2.53. The predicted molar refractivity (Wildman–Crippen MR) is 69.4 cm³/mol. The molecule has 0 saturated carbocycles. The van der Waals surface area contributed by atoms with Crippen LogP contribution in [0.4, 0.5) is 0 Å². The Kier molecular flexibility index (Phi) is 5.59. The molecule has 5 heteroatoms. The molecule has 1 fully saturated rings. The van der Waals surface area contributed by atoms with Gasteiger partial charge in [-0.3, -0.25) is 9.69 Å². The summed E-state index contributed by atoms with van der Waals surface area (Å²) < 4.78 is 0. The zero-order valence-electron chi connectivity index (χ0n) is 11.6. The summed E-state index contributed by atoms with van der Waals surface area (Å²) in [6, 6.07) is -0.895. The molecule has 0 bridgehead atoms. The van der Waals surface area contributed by atoms with E-state index in [0.717, 1.165) is 38.8 Å². The van der Waals surface area contributed by atoms with Crippen LogP contribution in [0.3, 0.4) is 0 Å². The van der Waals surface area contributed by atoms with Gasteiger partial charge in [0.1, 0.15) is 6.04 Å². The summed E-state index contributed by atoms with van der Waals surface area (Å²) in [4.78, 5) is 26.8. The number of hydrogen-bond acceptors (Lipinski definition) is 3. The van der Waals surface area contributed by atoms with Crippen LogP contribution < -0.4 is 0 Å². The highest BCUT2D eigenvalue weighted by atomic mass is 16.4. The first-order valence-electron chi connectivity index (χ1n) is 6.72. The van der Waals surface area contributed by atoms with Gasteiger partial charge >= 0.3 is 5.97 Å². The van der Waals surface area contributed by atoms with Crippen molar-refractivity contribution in [1.82, 2.24) is 9.80 Å². The molecule has 1 aliphatic rings. The number of piperidine rings is 1. The molecule has 1 rings (SSSR count).